The highest BCUT2D eigenvalue weighted by Gasteiger charge is 2.20. The number of furan rings is 1. The summed E-state index contributed by atoms with van der Waals surface area (Å²) in [7, 11) is 0. The summed E-state index contributed by atoms with van der Waals surface area (Å²) in [5.74, 6) is 0. The monoisotopic (exact) mass is 220 g/mol. The maximum absolute atomic E-state index is 5.04. The first kappa shape index (κ1) is 9.12. The van der Waals surface area contributed by atoms with Gasteiger partial charge >= 0.3 is 0 Å². The van der Waals surface area contributed by atoms with Gasteiger partial charge in [-0.15, -0.1) is 11.3 Å². The van der Waals surface area contributed by atoms with E-state index in [2.05, 4.69) is 15.7 Å². The second-order valence-corrected chi connectivity index (χ2v) is 4.67. The van der Waals surface area contributed by atoms with E-state index in [9.17, 15) is 0 Å². The number of nitrogens with zero attached hydrogens (tertiary/aromatic N) is 1. The Kier molecular flexibility index (Phi) is 2.31. The van der Waals surface area contributed by atoms with E-state index in [1.165, 1.54) is 12.8 Å². The molecule has 78 valence electrons. The lowest BCUT2D eigenvalue weighted by Gasteiger charge is -1.97. The predicted octanol–water partition coefficient (Wildman–Crippen LogP) is 2.66. The van der Waals surface area contributed by atoms with Gasteiger partial charge in [0.1, 0.15) is 11.3 Å². The summed E-state index contributed by atoms with van der Waals surface area (Å²) in [5, 5.41) is 6.60. The number of hydrogen-bond acceptors (Lipinski definition) is 4. The second-order valence-electron chi connectivity index (χ2n) is 3.81. The molecule has 2 aromatic rings. The topological polar surface area (TPSA) is 38.1 Å². The molecule has 0 spiro atoms. The SMILES string of the molecule is c1cc(-c2nc(CNC3CC3)cs2)co1. The van der Waals surface area contributed by atoms with Crippen LogP contribution in [0.3, 0.4) is 0 Å². The number of rotatable bonds is 4. The molecule has 3 nitrogen and oxygen atoms in total. The van der Waals surface area contributed by atoms with Crippen molar-refractivity contribution in [2.24, 2.45) is 0 Å². The lowest BCUT2D eigenvalue weighted by molar-refractivity contribution is 0.568. The van der Waals surface area contributed by atoms with Crippen molar-refractivity contribution >= 4 is 11.3 Å². The Labute approximate surface area is 92.1 Å². The third-order valence-electron chi connectivity index (χ3n) is 2.47. The number of nitrogens with one attached hydrogen (secondary N) is 1. The highest BCUT2D eigenvalue weighted by Crippen LogP contribution is 2.24. The largest absolute Gasteiger partial charge is 0.472 e. The molecular weight excluding hydrogens is 208 g/mol. The first-order valence-electron chi connectivity index (χ1n) is 5.12. The fourth-order valence-electron chi connectivity index (χ4n) is 1.44. The molecule has 1 saturated carbocycles. The molecule has 0 saturated heterocycles. The minimum absolute atomic E-state index is 0.740. The molecule has 0 radical (unpaired) electrons. The second kappa shape index (κ2) is 3.79. The van der Waals surface area contributed by atoms with E-state index in [0.717, 1.165) is 28.9 Å². The molecule has 15 heavy (non-hydrogen) atoms. The van der Waals surface area contributed by atoms with Crippen LogP contribution in [0.5, 0.6) is 0 Å². The molecule has 0 bridgehead atoms. The van der Waals surface area contributed by atoms with Crippen LogP contribution in [0.15, 0.2) is 28.4 Å². The van der Waals surface area contributed by atoms with Crippen molar-refractivity contribution < 1.29 is 4.42 Å². The van der Waals surface area contributed by atoms with Gasteiger partial charge < -0.3 is 9.73 Å². The van der Waals surface area contributed by atoms with E-state index < -0.39 is 0 Å². The van der Waals surface area contributed by atoms with Gasteiger partial charge in [-0.25, -0.2) is 4.98 Å². The van der Waals surface area contributed by atoms with Crippen LogP contribution in [0.4, 0.5) is 0 Å². The molecule has 0 aromatic carbocycles. The van der Waals surface area contributed by atoms with E-state index in [4.69, 9.17) is 4.42 Å². The summed E-state index contributed by atoms with van der Waals surface area (Å²) in [6.45, 7) is 0.888. The molecular formula is C11H12N2OS. The molecule has 1 aliphatic rings. The van der Waals surface area contributed by atoms with Crippen molar-refractivity contribution in [3.8, 4) is 10.6 Å². The Balaban J connectivity index is 1.69. The molecule has 2 heterocycles. The van der Waals surface area contributed by atoms with Crippen molar-refractivity contribution in [1.29, 1.82) is 0 Å². The molecule has 0 unspecified atom stereocenters. The summed E-state index contributed by atoms with van der Waals surface area (Å²) in [5.41, 5.74) is 2.20. The standard InChI is InChI=1S/C11H12N2OS/c1-2-9(1)12-5-10-7-15-11(13-10)8-3-4-14-6-8/h3-4,6-7,9,12H,1-2,5H2. The maximum atomic E-state index is 5.04. The van der Waals surface area contributed by atoms with Gasteiger partial charge in [0.25, 0.3) is 0 Å². The molecule has 2 aromatic heterocycles. The van der Waals surface area contributed by atoms with Crippen molar-refractivity contribution in [2.45, 2.75) is 25.4 Å². The van der Waals surface area contributed by atoms with Crippen molar-refractivity contribution in [3.63, 3.8) is 0 Å². The Morgan fingerprint density at radius 1 is 1.53 bits per heavy atom. The summed E-state index contributed by atoms with van der Waals surface area (Å²) >= 11 is 1.67. The zero-order valence-electron chi connectivity index (χ0n) is 8.27. The smallest absolute Gasteiger partial charge is 0.126 e. The molecule has 0 atom stereocenters. The van der Waals surface area contributed by atoms with Gasteiger partial charge in [0, 0.05) is 23.5 Å². The lowest BCUT2D eigenvalue weighted by Crippen LogP contribution is -2.15. The van der Waals surface area contributed by atoms with Gasteiger partial charge in [-0.3, -0.25) is 0 Å². The van der Waals surface area contributed by atoms with Gasteiger partial charge in [0.2, 0.25) is 0 Å². The number of thiazole rings is 1. The minimum atomic E-state index is 0.740. The molecule has 1 aliphatic carbocycles. The lowest BCUT2D eigenvalue weighted by atomic mass is 10.3. The van der Waals surface area contributed by atoms with Crippen LogP contribution < -0.4 is 5.32 Å². The van der Waals surface area contributed by atoms with E-state index in [1.54, 1.807) is 23.9 Å². The minimum Gasteiger partial charge on any atom is -0.472 e. The molecule has 1 fully saturated rings. The van der Waals surface area contributed by atoms with Crippen molar-refractivity contribution in [2.75, 3.05) is 0 Å². The van der Waals surface area contributed by atoms with E-state index in [-0.39, 0.29) is 0 Å². The maximum Gasteiger partial charge on any atom is 0.126 e. The predicted molar refractivity (Wildman–Crippen MR) is 59.7 cm³/mol. The number of aromatic nitrogens is 1. The van der Waals surface area contributed by atoms with Crippen LogP contribution in [-0.2, 0) is 6.54 Å². The fourth-order valence-corrected chi connectivity index (χ4v) is 2.25. The van der Waals surface area contributed by atoms with Crippen LogP contribution in [0.2, 0.25) is 0 Å². The first-order valence-corrected chi connectivity index (χ1v) is 6.00. The summed E-state index contributed by atoms with van der Waals surface area (Å²) in [4.78, 5) is 4.55. The quantitative estimate of drug-likeness (QED) is 0.860. The molecule has 4 heteroatoms. The van der Waals surface area contributed by atoms with Crippen LogP contribution >= 0.6 is 11.3 Å². The highest BCUT2D eigenvalue weighted by molar-refractivity contribution is 7.13. The molecule has 3 rings (SSSR count). The Bertz CT molecular complexity index is 431. The Hall–Kier alpha value is -1.13. The van der Waals surface area contributed by atoms with Gasteiger partial charge in [0.15, 0.2) is 0 Å². The fraction of sp³-hybridized carbons (Fsp3) is 0.364. The summed E-state index contributed by atoms with van der Waals surface area (Å²) in [6.07, 6.45) is 6.05. The molecule has 1 N–H and O–H groups in total. The van der Waals surface area contributed by atoms with Gasteiger partial charge in [-0.05, 0) is 18.9 Å². The highest BCUT2D eigenvalue weighted by atomic mass is 32.1. The van der Waals surface area contributed by atoms with Crippen LogP contribution in [0.25, 0.3) is 10.6 Å². The third-order valence-corrected chi connectivity index (χ3v) is 3.41. The van der Waals surface area contributed by atoms with E-state index in [1.807, 2.05) is 6.07 Å². The Morgan fingerprint density at radius 2 is 2.47 bits per heavy atom. The molecule has 0 amide bonds. The molecule has 0 aliphatic heterocycles. The zero-order chi connectivity index (χ0) is 10.1. The average Bonchev–Trinajstić information content (AvgIpc) is 2.78. The zero-order valence-corrected chi connectivity index (χ0v) is 9.09. The first-order chi connectivity index (χ1) is 7.42. The number of hydrogen-bond donors (Lipinski definition) is 1. The third kappa shape index (κ3) is 2.11. The van der Waals surface area contributed by atoms with Gasteiger partial charge in [0.05, 0.1) is 12.0 Å². The normalized spacial score (nSPS) is 15.7. The van der Waals surface area contributed by atoms with Crippen molar-refractivity contribution in [1.82, 2.24) is 10.3 Å². The van der Waals surface area contributed by atoms with E-state index >= 15 is 0 Å². The average molecular weight is 220 g/mol. The van der Waals surface area contributed by atoms with Crippen LogP contribution in [0, 0.1) is 0 Å². The van der Waals surface area contributed by atoms with Gasteiger partial charge in [-0.1, -0.05) is 0 Å². The summed E-state index contributed by atoms with van der Waals surface area (Å²) < 4.78 is 5.04. The van der Waals surface area contributed by atoms with Gasteiger partial charge in [-0.2, -0.15) is 0 Å². The van der Waals surface area contributed by atoms with Crippen molar-refractivity contribution in [3.05, 3.63) is 29.7 Å². The van der Waals surface area contributed by atoms with Crippen LogP contribution in [0.1, 0.15) is 18.5 Å². The summed E-state index contributed by atoms with van der Waals surface area (Å²) in [6, 6.07) is 2.68. The Morgan fingerprint density at radius 3 is 3.20 bits per heavy atom. The van der Waals surface area contributed by atoms with E-state index in [0.29, 0.717) is 0 Å². The van der Waals surface area contributed by atoms with Crippen LogP contribution in [-0.4, -0.2) is 11.0 Å².